The van der Waals surface area contributed by atoms with Gasteiger partial charge in [0.2, 0.25) is 5.89 Å². The number of nitrogens with zero attached hydrogens (tertiary/aromatic N) is 3. The molecule has 2 fully saturated rings. The Kier molecular flexibility index (Phi) is 7.25. The Bertz CT molecular complexity index is 559. The predicted molar refractivity (Wildman–Crippen MR) is 95.0 cm³/mol. The average Bonchev–Trinajstić information content (AvgIpc) is 3.33. The number of rotatable bonds is 8. The van der Waals surface area contributed by atoms with Gasteiger partial charge in [-0.3, -0.25) is 0 Å². The first kappa shape index (κ1) is 19.1. The van der Waals surface area contributed by atoms with Crippen molar-refractivity contribution in [2.45, 2.75) is 44.9 Å². The standard InChI is InChI=1S/C18H30N4O4/c1-2-7-19-18(23)22-8-3-15(12-22)17-20-16(21-26-17)6-11-25-13-14-4-9-24-10-5-14/h14-15H,2-13H2,1H3,(H,19,23). The van der Waals surface area contributed by atoms with Gasteiger partial charge < -0.3 is 24.2 Å². The minimum atomic E-state index is -0.00407. The number of carbonyl (C=O) groups excluding carboxylic acids is 1. The maximum Gasteiger partial charge on any atom is 0.317 e. The Labute approximate surface area is 154 Å². The molecule has 0 aromatic carbocycles. The number of amides is 2. The highest BCUT2D eigenvalue weighted by Gasteiger charge is 2.30. The summed E-state index contributed by atoms with van der Waals surface area (Å²) in [5.41, 5.74) is 0. The largest absolute Gasteiger partial charge is 0.381 e. The van der Waals surface area contributed by atoms with Gasteiger partial charge in [0.05, 0.1) is 12.5 Å². The van der Waals surface area contributed by atoms with E-state index in [-0.39, 0.29) is 11.9 Å². The maximum absolute atomic E-state index is 12.0. The normalized spacial score (nSPS) is 21.3. The molecule has 8 nitrogen and oxygen atoms in total. The van der Waals surface area contributed by atoms with Crippen molar-refractivity contribution in [3.05, 3.63) is 11.7 Å². The van der Waals surface area contributed by atoms with E-state index in [1.165, 1.54) is 0 Å². The number of hydrogen-bond acceptors (Lipinski definition) is 6. The monoisotopic (exact) mass is 366 g/mol. The lowest BCUT2D eigenvalue weighted by atomic mass is 10.0. The fraction of sp³-hybridized carbons (Fsp3) is 0.833. The molecule has 1 unspecified atom stereocenters. The molecule has 2 aliphatic heterocycles. The van der Waals surface area contributed by atoms with E-state index in [1.54, 1.807) is 0 Å². The zero-order chi connectivity index (χ0) is 18.2. The summed E-state index contributed by atoms with van der Waals surface area (Å²) in [6, 6.07) is -0.00407. The molecule has 0 saturated carbocycles. The van der Waals surface area contributed by atoms with Crippen LogP contribution < -0.4 is 5.32 Å². The van der Waals surface area contributed by atoms with Crippen molar-refractivity contribution in [1.82, 2.24) is 20.4 Å². The van der Waals surface area contributed by atoms with E-state index in [4.69, 9.17) is 14.0 Å². The van der Waals surface area contributed by atoms with Crippen LogP contribution in [0.4, 0.5) is 4.79 Å². The molecule has 1 N–H and O–H groups in total. The van der Waals surface area contributed by atoms with E-state index >= 15 is 0 Å². The summed E-state index contributed by atoms with van der Waals surface area (Å²) < 4.78 is 16.5. The third kappa shape index (κ3) is 5.41. The number of hydrogen-bond donors (Lipinski definition) is 1. The summed E-state index contributed by atoms with van der Waals surface area (Å²) >= 11 is 0. The molecule has 1 aromatic rings. The van der Waals surface area contributed by atoms with Crippen LogP contribution in [0.25, 0.3) is 0 Å². The van der Waals surface area contributed by atoms with Crippen molar-refractivity contribution >= 4 is 6.03 Å². The molecule has 8 heteroatoms. The van der Waals surface area contributed by atoms with Crippen LogP contribution >= 0.6 is 0 Å². The molecule has 2 aliphatic rings. The van der Waals surface area contributed by atoms with Gasteiger partial charge in [-0.25, -0.2) is 4.79 Å². The second-order valence-electron chi connectivity index (χ2n) is 7.09. The molecule has 1 atom stereocenters. The van der Waals surface area contributed by atoms with Crippen LogP contribution in [0.5, 0.6) is 0 Å². The number of ether oxygens (including phenoxy) is 2. The van der Waals surface area contributed by atoms with Crippen LogP contribution in [-0.2, 0) is 15.9 Å². The fourth-order valence-electron chi connectivity index (χ4n) is 3.35. The van der Waals surface area contributed by atoms with Crippen molar-refractivity contribution in [1.29, 1.82) is 0 Å². The molecule has 146 valence electrons. The Morgan fingerprint density at radius 1 is 1.35 bits per heavy atom. The minimum Gasteiger partial charge on any atom is -0.381 e. The van der Waals surface area contributed by atoms with Crippen LogP contribution in [0.3, 0.4) is 0 Å². The van der Waals surface area contributed by atoms with Crippen LogP contribution in [0, 0.1) is 5.92 Å². The van der Waals surface area contributed by atoms with Crippen molar-refractivity contribution < 1.29 is 18.8 Å². The summed E-state index contributed by atoms with van der Waals surface area (Å²) in [4.78, 5) is 18.3. The maximum atomic E-state index is 12.0. The van der Waals surface area contributed by atoms with Crippen LogP contribution in [0.15, 0.2) is 4.52 Å². The quantitative estimate of drug-likeness (QED) is 0.708. The second-order valence-corrected chi connectivity index (χ2v) is 7.09. The van der Waals surface area contributed by atoms with Gasteiger partial charge in [0.1, 0.15) is 0 Å². The number of aromatic nitrogens is 2. The molecule has 2 saturated heterocycles. The van der Waals surface area contributed by atoms with Crippen LogP contribution in [0.2, 0.25) is 0 Å². The fourth-order valence-corrected chi connectivity index (χ4v) is 3.35. The highest BCUT2D eigenvalue weighted by Crippen LogP contribution is 2.26. The lowest BCUT2D eigenvalue weighted by Crippen LogP contribution is -2.38. The molecule has 3 rings (SSSR count). The zero-order valence-corrected chi connectivity index (χ0v) is 15.6. The molecular formula is C18H30N4O4. The van der Waals surface area contributed by atoms with Gasteiger partial charge in [-0.2, -0.15) is 4.98 Å². The van der Waals surface area contributed by atoms with E-state index < -0.39 is 0 Å². The number of nitrogens with one attached hydrogen (secondary N) is 1. The lowest BCUT2D eigenvalue weighted by molar-refractivity contribution is 0.0211. The van der Waals surface area contributed by atoms with E-state index in [1.807, 2.05) is 11.8 Å². The number of carbonyl (C=O) groups is 1. The molecule has 2 amide bonds. The Balaban J connectivity index is 1.37. The Morgan fingerprint density at radius 2 is 2.19 bits per heavy atom. The molecule has 0 bridgehead atoms. The van der Waals surface area contributed by atoms with Crippen molar-refractivity contribution in [3.63, 3.8) is 0 Å². The third-order valence-electron chi connectivity index (χ3n) is 5.00. The zero-order valence-electron chi connectivity index (χ0n) is 15.6. The predicted octanol–water partition coefficient (Wildman–Crippen LogP) is 1.96. The summed E-state index contributed by atoms with van der Waals surface area (Å²) in [7, 11) is 0. The first-order chi connectivity index (χ1) is 12.8. The summed E-state index contributed by atoms with van der Waals surface area (Å²) in [6.45, 7) is 7.18. The first-order valence-corrected chi connectivity index (χ1v) is 9.77. The van der Waals surface area contributed by atoms with Gasteiger partial charge >= 0.3 is 6.03 Å². The van der Waals surface area contributed by atoms with Gasteiger partial charge in [0.15, 0.2) is 5.82 Å². The molecule has 0 aliphatic carbocycles. The first-order valence-electron chi connectivity index (χ1n) is 9.77. The molecule has 3 heterocycles. The number of urea groups is 1. The SMILES string of the molecule is CCCNC(=O)N1CCC(c2nc(CCOCC3CCOCC3)no2)C1. The highest BCUT2D eigenvalue weighted by molar-refractivity contribution is 5.74. The topological polar surface area (TPSA) is 89.7 Å². The second kappa shape index (κ2) is 9.87. The van der Waals surface area contributed by atoms with E-state index in [2.05, 4.69) is 15.5 Å². The number of likely N-dealkylation sites (tertiary alicyclic amines) is 1. The molecular weight excluding hydrogens is 336 g/mol. The van der Waals surface area contributed by atoms with Gasteiger partial charge in [0.25, 0.3) is 0 Å². The third-order valence-corrected chi connectivity index (χ3v) is 5.00. The Hall–Kier alpha value is -1.67. The van der Waals surface area contributed by atoms with Gasteiger partial charge in [-0.05, 0) is 31.6 Å². The summed E-state index contributed by atoms with van der Waals surface area (Å²) in [5.74, 6) is 2.05. The van der Waals surface area contributed by atoms with E-state index in [9.17, 15) is 4.79 Å². The minimum absolute atomic E-state index is 0.00407. The summed E-state index contributed by atoms with van der Waals surface area (Å²) in [6.07, 6.45) is 4.61. The van der Waals surface area contributed by atoms with Crippen molar-refractivity contribution in [2.24, 2.45) is 5.92 Å². The highest BCUT2D eigenvalue weighted by atomic mass is 16.5. The summed E-state index contributed by atoms with van der Waals surface area (Å²) in [5, 5.41) is 6.97. The van der Waals surface area contributed by atoms with Crippen molar-refractivity contribution in [2.75, 3.05) is 46.1 Å². The lowest BCUT2D eigenvalue weighted by Gasteiger charge is -2.21. The van der Waals surface area contributed by atoms with Crippen LogP contribution in [0.1, 0.15) is 50.2 Å². The molecule has 0 radical (unpaired) electrons. The van der Waals surface area contributed by atoms with Gasteiger partial charge in [-0.15, -0.1) is 0 Å². The van der Waals surface area contributed by atoms with Gasteiger partial charge in [0, 0.05) is 45.9 Å². The molecule has 0 spiro atoms. The van der Waals surface area contributed by atoms with Crippen molar-refractivity contribution in [3.8, 4) is 0 Å². The smallest absolute Gasteiger partial charge is 0.317 e. The van der Waals surface area contributed by atoms with E-state index in [0.717, 1.165) is 52.0 Å². The Morgan fingerprint density at radius 3 is 3.00 bits per heavy atom. The molecule has 1 aromatic heterocycles. The van der Waals surface area contributed by atoms with E-state index in [0.29, 0.717) is 43.8 Å². The van der Waals surface area contributed by atoms with Gasteiger partial charge in [-0.1, -0.05) is 12.1 Å². The van der Waals surface area contributed by atoms with Crippen LogP contribution in [-0.4, -0.2) is 67.1 Å². The molecule has 26 heavy (non-hydrogen) atoms. The average molecular weight is 366 g/mol.